The number of aromatic nitrogens is 1. The molecule has 3 heteroatoms. The molecule has 0 bridgehead atoms. The molecule has 1 saturated heterocycles. The molecule has 1 fully saturated rings. The zero-order valence-electron chi connectivity index (χ0n) is 7.42. The van der Waals surface area contributed by atoms with Gasteiger partial charge in [0, 0.05) is 20.0 Å². The lowest BCUT2D eigenvalue weighted by molar-refractivity contribution is 0.479. The zero-order chi connectivity index (χ0) is 8.39. The van der Waals surface area contributed by atoms with Crippen LogP contribution < -0.4 is 4.90 Å². The molecule has 1 aromatic rings. The van der Waals surface area contributed by atoms with Crippen molar-refractivity contribution < 1.29 is 4.42 Å². The van der Waals surface area contributed by atoms with Crippen molar-refractivity contribution in [1.82, 2.24) is 4.98 Å². The Labute approximate surface area is 72.4 Å². The van der Waals surface area contributed by atoms with Crippen LogP contribution in [0.15, 0.2) is 10.6 Å². The molecule has 0 aliphatic carbocycles. The summed E-state index contributed by atoms with van der Waals surface area (Å²) in [5.74, 6) is 1.70. The standard InChI is InChI=1S/C9H14N2O/c1-8-10-7-9(12-8)11-5-3-2-4-6-11/h7H,2-6H2,1H3. The lowest BCUT2D eigenvalue weighted by Crippen LogP contribution is -2.28. The number of aryl methyl sites for hydroxylation is 1. The van der Waals surface area contributed by atoms with Gasteiger partial charge in [-0.1, -0.05) is 0 Å². The summed E-state index contributed by atoms with van der Waals surface area (Å²) in [6.07, 6.45) is 5.73. The molecule has 0 atom stereocenters. The van der Waals surface area contributed by atoms with Gasteiger partial charge in [0.2, 0.25) is 5.88 Å². The fourth-order valence-corrected chi connectivity index (χ4v) is 1.61. The van der Waals surface area contributed by atoms with Crippen molar-refractivity contribution in [3.63, 3.8) is 0 Å². The van der Waals surface area contributed by atoms with Crippen LogP contribution in [0.5, 0.6) is 0 Å². The van der Waals surface area contributed by atoms with Gasteiger partial charge in [0.15, 0.2) is 5.89 Å². The second kappa shape index (κ2) is 3.17. The normalized spacial score (nSPS) is 18.2. The van der Waals surface area contributed by atoms with Gasteiger partial charge in [0.05, 0.1) is 6.20 Å². The van der Waals surface area contributed by atoms with Crippen molar-refractivity contribution >= 4 is 5.88 Å². The van der Waals surface area contributed by atoms with E-state index in [4.69, 9.17) is 4.42 Å². The van der Waals surface area contributed by atoms with Crippen molar-refractivity contribution in [3.8, 4) is 0 Å². The topological polar surface area (TPSA) is 29.3 Å². The number of piperidine rings is 1. The van der Waals surface area contributed by atoms with E-state index in [2.05, 4.69) is 9.88 Å². The van der Waals surface area contributed by atoms with Gasteiger partial charge in [-0.25, -0.2) is 4.98 Å². The fraction of sp³-hybridized carbons (Fsp3) is 0.667. The van der Waals surface area contributed by atoms with Gasteiger partial charge in [0.1, 0.15) is 0 Å². The minimum atomic E-state index is 0.760. The Morgan fingerprint density at radius 3 is 2.67 bits per heavy atom. The van der Waals surface area contributed by atoms with Crippen molar-refractivity contribution in [2.24, 2.45) is 0 Å². The average Bonchev–Trinajstić information content (AvgIpc) is 2.54. The average molecular weight is 166 g/mol. The highest BCUT2D eigenvalue weighted by atomic mass is 16.4. The first-order valence-corrected chi connectivity index (χ1v) is 4.53. The highest BCUT2D eigenvalue weighted by molar-refractivity contribution is 5.32. The highest BCUT2D eigenvalue weighted by Gasteiger charge is 2.13. The number of nitrogens with zero attached hydrogens (tertiary/aromatic N) is 2. The van der Waals surface area contributed by atoms with Crippen molar-refractivity contribution in [2.45, 2.75) is 26.2 Å². The van der Waals surface area contributed by atoms with Crippen LogP contribution in [-0.4, -0.2) is 18.1 Å². The first-order chi connectivity index (χ1) is 5.86. The fourth-order valence-electron chi connectivity index (χ4n) is 1.61. The van der Waals surface area contributed by atoms with Gasteiger partial charge in [0.25, 0.3) is 0 Å². The van der Waals surface area contributed by atoms with E-state index in [9.17, 15) is 0 Å². The molecule has 0 amide bonds. The maximum absolute atomic E-state index is 5.44. The van der Waals surface area contributed by atoms with E-state index < -0.39 is 0 Å². The maximum Gasteiger partial charge on any atom is 0.216 e. The summed E-state index contributed by atoms with van der Waals surface area (Å²) in [6, 6.07) is 0. The molecule has 2 rings (SSSR count). The third-order valence-corrected chi connectivity index (χ3v) is 2.28. The SMILES string of the molecule is Cc1ncc(N2CCCCC2)o1. The third kappa shape index (κ3) is 1.44. The summed E-state index contributed by atoms with van der Waals surface area (Å²) in [5.41, 5.74) is 0. The Balaban J connectivity index is 2.08. The Kier molecular flexibility index (Phi) is 2.02. The smallest absolute Gasteiger partial charge is 0.216 e. The number of hydrogen-bond acceptors (Lipinski definition) is 3. The van der Waals surface area contributed by atoms with Crippen molar-refractivity contribution in [3.05, 3.63) is 12.1 Å². The first kappa shape index (κ1) is 7.65. The van der Waals surface area contributed by atoms with Crippen LogP contribution in [0.25, 0.3) is 0 Å². The quantitative estimate of drug-likeness (QED) is 0.638. The molecule has 0 unspecified atom stereocenters. The number of rotatable bonds is 1. The van der Waals surface area contributed by atoms with E-state index in [0.717, 1.165) is 24.9 Å². The summed E-state index contributed by atoms with van der Waals surface area (Å²) < 4.78 is 5.44. The first-order valence-electron chi connectivity index (χ1n) is 4.53. The summed E-state index contributed by atoms with van der Waals surface area (Å²) >= 11 is 0. The predicted molar refractivity (Wildman–Crippen MR) is 47.3 cm³/mol. The summed E-state index contributed by atoms with van der Waals surface area (Å²) in [4.78, 5) is 6.35. The van der Waals surface area contributed by atoms with Crippen LogP contribution in [0.1, 0.15) is 25.2 Å². The van der Waals surface area contributed by atoms with Gasteiger partial charge in [-0.15, -0.1) is 0 Å². The van der Waals surface area contributed by atoms with Crippen LogP contribution in [0, 0.1) is 6.92 Å². The Morgan fingerprint density at radius 1 is 1.33 bits per heavy atom. The van der Waals surface area contributed by atoms with E-state index in [-0.39, 0.29) is 0 Å². The monoisotopic (exact) mass is 166 g/mol. The Bertz CT molecular complexity index is 251. The molecule has 1 aliphatic rings. The van der Waals surface area contributed by atoms with Gasteiger partial charge >= 0.3 is 0 Å². The number of oxazole rings is 1. The summed E-state index contributed by atoms with van der Waals surface area (Å²) in [7, 11) is 0. The van der Waals surface area contributed by atoms with Crippen LogP contribution in [0.2, 0.25) is 0 Å². The van der Waals surface area contributed by atoms with Gasteiger partial charge < -0.3 is 9.32 Å². The lowest BCUT2D eigenvalue weighted by Gasteiger charge is -2.25. The molecule has 0 radical (unpaired) electrons. The zero-order valence-corrected chi connectivity index (χ0v) is 7.42. The Hall–Kier alpha value is -0.990. The number of anilines is 1. The second-order valence-electron chi connectivity index (χ2n) is 3.27. The molecular formula is C9H14N2O. The molecule has 0 aromatic carbocycles. The van der Waals surface area contributed by atoms with E-state index in [1.54, 1.807) is 0 Å². The van der Waals surface area contributed by atoms with Gasteiger partial charge in [-0.05, 0) is 19.3 Å². The molecule has 0 N–H and O–H groups in total. The minimum absolute atomic E-state index is 0.760. The third-order valence-electron chi connectivity index (χ3n) is 2.28. The van der Waals surface area contributed by atoms with Crippen LogP contribution in [-0.2, 0) is 0 Å². The van der Waals surface area contributed by atoms with Gasteiger partial charge in [-0.2, -0.15) is 0 Å². The molecule has 3 nitrogen and oxygen atoms in total. The van der Waals surface area contributed by atoms with E-state index in [0.29, 0.717) is 0 Å². The maximum atomic E-state index is 5.44. The lowest BCUT2D eigenvalue weighted by atomic mass is 10.1. The van der Waals surface area contributed by atoms with Crippen LogP contribution >= 0.6 is 0 Å². The van der Waals surface area contributed by atoms with E-state index in [1.165, 1.54) is 19.3 Å². The molecular weight excluding hydrogens is 152 g/mol. The minimum Gasteiger partial charge on any atom is -0.425 e. The molecule has 12 heavy (non-hydrogen) atoms. The van der Waals surface area contributed by atoms with Crippen LogP contribution in [0.3, 0.4) is 0 Å². The van der Waals surface area contributed by atoms with Crippen molar-refractivity contribution in [1.29, 1.82) is 0 Å². The van der Waals surface area contributed by atoms with E-state index in [1.807, 2.05) is 13.1 Å². The Morgan fingerprint density at radius 2 is 2.08 bits per heavy atom. The summed E-state index contributed by atoms with van der Waals surface area (Å²) in [6.45, 7) is 4.12. The highest BCUT2D eigenvalue weighted by Crippen LogP contribution is 2.19. The molecule has 0 saturated carbocycles. The van der Waals surface area contributed by atoms with Crippen molar-refractivity contribution in [2.75, 3.05) is 18.0 Å². The summed E-state index contributed by atoms with van der Waals surface area (Å²) in [5, 5.41) is 0. The second-order valence-corrected chi connectivity index (χ2v) is 3.27. The molecule has 66 valence electrons. The molecule has 2 heterocycles. The largest absolute Gasteiger partial charge is 0.425 e. The predicted octanol–water partition coefficient (Wildman–Crippen LogP) is 1.97. The number of hydrogen-bond donors (Lipinski definition) is 0. The molecule has 1 aliphatic heterocycles. The van der Waals surface area contributed by atoms with Crippen LogP contribution in [0.4, 0.5) is 5.88 Å². The van der Waals surface area contributed by atoms with E-state index >= 15 is 0 Å². The molecule has 1 aromatic heterocycles. The molecule has 0 spiro atoms. The van der Waals surface area contributed by atoms with Gasteiger partial charge in [-0.3, -0.25) is 0 Å².